The van der Waals surface area contributed by atoms with Crippen LogP contribution in [0.4, 0.5) is 0 Å². The summed E-state index contributed by atoms with van der Waals surface area (Å²) in [4.78, 5) is 2.72. The maximum Gasteiger partial charge on any atom is 0.119 e. The Morgan fingerprint density at radius 3 is 2.41 bits per heavy atom. The molecule has 3 rings (SSSR count). The second-order valence-electron chi connectivity index (χ2n) is 8.06. The lowest BCUT2D eigenvalue weighted by atomic mass is 9.79. The van der Waals surface area contributed by atoms with E-state index in [1.165, 1.54) is 64.5 Å². The van der Waals surface area contributed by atoms with Crippen molar-refractivity contribution in [3.63, 3.8) is 0 Å². The van der Waals surface area contributed by atoms with Crippen molar-refractivity contribution in [3.8, 4) is 11.8 Å². The quantitative estimate of drug-likeness (QED) is 0.735. The Morgan fingerprint density at radius 1 is 1.07 bits per heavy atom. The highest BCUT2D eigenvalue weighted by atomic mass is 16.5. The van der Waals surface area contributed by atoms with E-state index in [2.05, 4.69) is 16.3 Å². The van der Waals surface area contributed by atoms with Gasteiger partial charge in [-0.3, -0.25) is 4.90 Å². The van der Waals surface area contributed by atoms with Crippen molar-refractivity contribution in [2.45, 2.75) is 63.0 Å². The first-order valence-electron chi connectivity index (χ1n) is 10.5. The van der Waals surface area contributed by atoms with E-state index >= 15 is 0 Å². The molecule has 1 aromatic rings. The van der Waals surface area contributed by atoms with Crippen molar-refractivity contribution < 1.29 is 9.84 Å². The summed E-state index contributed by atoms with van der Waals surface area (Å²) in [5.74, 6) is 0.685. The summed E-state index contributed by atoms with van der Waals surface area (Å²) in [6, 6.07) is 9.08. The van der Waals surface area contributed by atoms with E-state index in [0.29, 0.717) is 17.9 Å². The van der Waals surface area contributed by atoms with Gasteiger partial charge in [-0.25, -0.2) is 0 Å². The summed E-state index contributed by atoms with van der Waals surface area (Å²) in [5, 5.41) is 22.6. The Hall–Kier alpha value is -1.61. The maximum atomic E-state index is 10.3. The van der Waals surface area contributed by atoms with Gasteiger partial charge in [0.15, 0.2) is 0 Å². The Balaban J connectivity index is 1.44. The molecule has 0 radical (unpaired) electrons. The van der Waals surface area contributed by atoms with Gasteiger partial charge in [0.05, 0.1) is 11.6 Å². The first-order valence-corrected chi connectivity index (χ1v) is 10.5. The number of aliphatic hydroxyl groups excluding tert-OH is 1. The number of rotatable bonds is 8. The number of piperidine rings is 1. The number of likely N-dealkylation sites (tertiary alicyclic amines) is 1. The van der Waals surface area contributed by atoms with Gasteiger partial charge in [0.1, 0.15) is 18.5 Å². The maximum absolute atomic E-state index is 10.3. The molecule has 0 unspecified atom stereocenters. The third-order valence-corrected chi connectivity index (χ3v) is 6.07. The van der Waals surface area contributed by atoms with Gasteiger partial charge in [-0.05, 0) is 63.0 Å². The molecule has 148 valence electrons. The molecule has 5 nitrogen and oxygen atoms in total. The minimum atomic E-state index is -0.539. The minimum absolute atomic E-state index is 0.260. The monoisotopic (exact) mass is 371 g/mol. The number of aliphatic hydroxyl groups is 1. The highest BCUT2D eigenvalue weighted by Gasteiger charge is 2.37. The zero-order valence-electron chi connectivity index (χ0n) is 16.3. The van der Waals surface area contributed by atoms with Gasteiger partial charge in [0.2, 0.25) is 0 Å². The summed E-state index contributed by atoms with van der Waals surface area (Å²) >= 11 is 0. The van der Waals surface area contributed by atoms with Crippen LogP contribution in [0.25, 0.3) is 0 Å². The van der Waals surface area contributed by atoms with E-state index in [0.717, 1.165) is 6.54 Å². The fourth-order valence-electron chi connectivity index (χ4n) is 4.53. The molecule has 0 spiro atoms. The lowest BCUT2D eigenvalue weighted by Gasteiger charge is -2.48. The molecule has 1 saturated carbocycles. The molecule has 2 N–H and O–H groups in total. The zero-order chi connectivity index (χ0) is 19.0. The van der Waals surface area contributed by atoms with Gasteiger partial charge >= 0.3 is 0 Å². The van der Waals surface area contributed by atoms with Crippen LogP contribution in [0.2, 0.25) is 0 Å². The molecular weight excluding hydrogens is 338 g/mol. The molecule has 1 aliphatic heterocycles. The number of ether oxygens (including phenoxy) is 1. The molecule has 0 bridgehead atoms. The second kappa shape index (κ2) is 10.1. The number of nitriles is 1. The van der Waals surface area contributed by atoms with Crippen LogP contribution >= 0.6 is 0 Å². The largest absolute Gasteiger partial charge is 0.491 e. The number of hydrogen-bond acceptors (Lipinski definition) is 5. The smallest absolute Gasteiger partial charge is 0.119 e. The summed E-state index contributed by atoms with van der Waals surface area (Å²) in [6.45, 7) is 4.22. The van der Waals surface area contributed by atoms with Crippen LogP contribution < -0.4 is 10.1 Å². The summed E-state index contributed by atoms with van der Waals surface area (Å²) < 4.78 is 5.64. The van der Waals surface area contributed by atoms with E-state index in [1.807, 2.05) is 0 Å². The van der Waals surface area contributed by atoms with Crippen LogP contribution in [0.5, 0.6) is 5.75 Å². The van der Waals surface area contributed by atoms with Gasteiger partial charge in [-0.15, -0.1) is 0 Å². The van der Waals surface area contributed by atoms with Gasteiger partial charge in [-0.2, -0.15) is 5.26 Å². The van der Waals surface area contributed by atoms with Gasteiger partial charge in [-0.1, -0.05) is 25.7 Å². The van der Waals surface area contributed by atoms with Crippen molar-refractivity contribution in [2.75, 3.05) is 32.8 Å². The predicted octanol–water partition coefficient (Wildman–Crippen LogP) is 3.08. The minimum Gasteiger partial charge on any atom is -0.491 e. The van der Waals surface area contributed by atoms with Crippen molar-refractivity contribution in [3.05, 3.63) is 29.8 Å². The molecule has 1 aliphatic carbocycles. The van der Waals surface area contributed by atoms with Crippen LogP contribution in [0, 0.1) is 11.3 Å². The van der Waals surface area contributed by atoms with Crippen LogP contribution in [0.15, 0.2) is 24.3 Å². The highest BCUT2D eigenvalue weighted by Crippen LogP contribution is 2.35. The molecule has 1 saturated heterocycles. The molecule has 0 amide bonds. The van der Waals surface area contributed by atoms with Crippen molar-refractivity contribution in [1.82, 2.24) is 10.2 Å². The summed E-state index contributed by atoms with van der Waals surface area (Å²) in [7, 11) is 0. The van der Waals surface area contributed by atoms with Crippen molar-refractivity contribution >= 4 is 0 Å². The molecule has 0 aromatic heterocycles. The molecule has 1 heterocycles. The van der Waals surface area contributed by atoms with E-state index in [-0.39, 0.29) is 12.1 Å². The van der Waals surface area contributed by atoms with Crippen LogP contribution in [0.1, 0.15) is 56.9 Å². The molecule has 5 heteroatoms. The normalized spacial score (nSPS) is 21.3. The Morgan fingerprint density at radius 2 is 1.74 bits per heavy atom. The van der Waals surface area contributed by atoms with Crippen LogP contribution in [0.3, 0.4) is 0 Å². The highest BCUT2D eigenvalue weighted by molar-refractivity contribution is 5.34. The van der Waals surface area contributed by atoms with Gasteiger partial charge in [0.25, 0.3) is 0 Å². The van der Waals surface area contributed by atoms with E-state index in [1.54, 1.807) is 24.3 Å². The summed E-state index contributed by atoms with van der Waals surface area (Å²) in [5.41, 5.74) is 0.895. The SMILES string of the molecule is N#Cc1ccc(OC[C@@H](O)CNCC2(N3CCCCC3)CCCCC2)cc1. The molecule has 27 heavy (non-hydrogen) atoms. The average molecular weight is 372 g/mol. The lowest BCUT2D eigenvalue weighted by Crippen LogP contribution is -2.58. The van der Waals surface area contributed by atoms with Gasteiger partial charge in [0, 0.05) is 18.6 Å². The number of nitrogens with one attached hydrogen (secondary N) is 1. The summed E-state index contributed by atoms with van der Waals surface area (Å²) in [6.07, 6.45) is 10.0. The van der Waals surface area contributed by atoms with Crippen molar-refractivity contribution in [1.29, 1.82) is 5.26 Å². The molecule has 2 fully saturated rings. The standard InChI is InChI=1S/C22H33N3O2/c23-15-19-7-9-21(10-8-19)27-17-20(26)16-24-18-22(11-3-1-4-12-22)25-13-5-2-6-14-25/h7-10,20,24,26H,1-6,11-14,16-18H2/t20-/m0/s1. The number of hydrogen-bond donors (Lipinski definition) is 2. The third kappa shape index (κ3) is 5.68. The van der Waals surface area contributed by atoms with Crippen LogP contribution in [-0.4, -0.2) is 54.4 Å². The first kappa shape index (κ1) is 20.1. The number of benzene rings is 1. The fourth-order valence-corrected chi connectivity index (χ4v) is 4.53. The van der Waals surface area contributed by atoms with Crippen LogP contribution in [-0.2, 0) is 0 Å². The van der Waals surface area contributed by atoms with E-state index < -0.39 is 6.10 Å². The molecule has 2 aliphatic rings. The Kier molecular flexibility index (Phi) is 7.51. The second-order valence-corrected chi connectivity index (χ2v) is 8.06. The molecule has 1 aromatic carbocycles. The zero-order valence-corrected chi connectivity index (χ0v) is 16.3. The Labute approximate surface area is 163 Å². The predicted molar refractivity (Wildman–Crippen MR) is 107 cm³/mol. The Bertz CT molecular complexity index is 599. The first-order chi connectivity index (χ1) is 13.2. The topological polar surface area (TPSA) is 68.5 Å². The van der Waals surface area contributed by atoms with Gasteiger partial charge < -0.3 is 15.2 Å². The van der Waals surface area contributed by atoms with E-state index in [4.69, 9.17) is 10.00 Å². The third-order valence-electron chi connectivity index (χ3n) is 6.07. The fraction of sp³-hybridized carbons (Fsp3) is 0.682. The lowest BCUT2D eigenvalue weighted by molar-refractivity contribution is 0.0289. The number of nitrogens with zero attached hydrogens (tertiary/aromatic N) is 2. The average Bonchev–Trinajstić information content (AvgIpc) is 2.74. The van der Waals surface area contributed by atoms with E-state index in [9.17, 15) is 5.11 Å². The molecule has 1 atom stereocenters. The van der Waals surface area contributed by atoms with Crippen molar-refractivity contribution in [2.24, 2.45) is 0 Å². The molecular formula is C22H33N3O2.